The van der Waals surface area contributed by atoms with Gasteiger partial charge in [-0.1, -0.05) is 42.2 Å². The summed E-state index contributed by atoms with van der Waals surface area (Å²) in [6.45, 7) is 5.88. The highest BCUT2D eigenvalue weighted by Crippen LogP contribution is 2.46. The van der Waals surface area contributed by atoms with Gasteiger partial charge in [-0.25, -0.2) is 9.78 Å². The number of nitrogens with zero attached hydrogens (tertiary/aromatic N) is 2. The predicted molar refractivity (Wildman–Crippen MR) is 143 cm³/mol. The Balaban J connectivity index is 1.68. The molecular formula is C28H24N2O8S. The standard InChI is InChI=1S/C28H24N2O8S/c1-4-11-38-27(34)25-15(2)29-28(39-25)30-22(17-7-5-6-8-18(17)35-3)21(24(32)26(30)33)23(31)16-9-10-19-20(14-16)37-13-12-36-19/h4-10,14,22,31H,1,11-13H2,2-3H3. The normalized spacial score (nSPS) is 17.7. The van der Waals surface area contributed by atoms with Crippen molar-refractivity contribution in [1.82, 2.24) is 4.98 Å². The van der Waals surface area contributed by atoms with Gasteiger partial charge in [0.25, 0.3) is 5.78 Å². The van der Waals surface area contributed by atoms with Crippen molar-refractivity contribution in [3.05, 3.63) is 82.4 Å². The van der Waals surface area contributed by atoms with Gasteiger partial charge in [-0.2, -0.15) is 0 Å². The number of ketones is 1. The first-order valence-electron chi connectivity index (χ1n) is 11.9. The zero-order valence-electron chi connectivity index (χ0n) is 21.1. The molecule has 1 atom stereocenters. The van der Waals surface area contributed by atoms with E-state index in [9.17, 15) is 19.5 Å². The van der Waals surface area contributed by atoms with Crippen molar-refractivity contribution in [1.29, 1.82) is 0 Å². The fourth-order valence-corrected chi connectivity index (χ4v) is 5.42. The first-order valence-corrected chi connectivity index (χ1v) is 12.8. The number of ether oxygens (including phenoxy) is 4. The van der Waals surface area contributed by atoms with Gasteiger partial charge in [0, 0.05) is 11.1 Å². The Morgan fingerprint density at radius 2 is 1.95 bits per heavy atom. The highest BCUT2D eigenvalue weighted by molar-refractivity contribution is 7.17. The molecule has 3 heterocycles. The number of para-hydroxylation sites is 1. The molecule has 10 nitrogen and oxygen atoms in total. The third-order valence-corrected chi connectivity index (χ3v) is 7.34. The molecule has 0 aliphatic carbocycles. The van der Waals surface area contributed by atoms with Crippen LogP contribution in [0.3, 0.4) is 0 Å². The molecule has 5 rings (SSSR count). The lowest BCUT2D eigenvalue weighted by Crippen LogP contribution is -2.29. The Labute approximate surface area is 227 Å². The van der Waals surface area contributed by atoms with Gasteiger partial charge in [-0.15, -0.1) is 0 Å². The molecule has 1 unspecified atom stereocenters. The van der Waals surface area contributed by atoms with E-state index in [0.29, 0.717) is 41.7 Å². The summed E-state index contributed by atoms with van der Waals surface area (Å²) in [4.78, 5) is 45.4. The number of aliphatic hydroxyl groups is 1. The maximum absolute atomic E-state index is 13.5. The van der Waals surface area contributed by atoms with Crippen molar-refractivity contribution in [2.75, 3.05) is 31.8 Å². The van der Waals surface area contributed by atoms with Gasteiger partial charge in [0.15, 0.2) is 16.6 Å². The monoisotopic (exact) mass is 548 g/mol. The molecule has 11 heteroatoms. The van der Waals surface area contributed by atoms with Gasteiger partial charge in [-0.05, 0) is 31.2 Å². The van der Waals surface area contributed by atoms with Gasteiger partial charge in [0.05, 0.1) is 18.4 Å². The van der Waals surface area contributed by atoms with E-state index in [1.165, 1.54) is 18.1 Å². The molecule has 39 heavy (non-hydrogen) atoms. The number of carbonyl (C=O) groups is 3. The fourth-order valence-electron chi connectivity index (χ4n) is 4.44. The smallest absolute Gasteiger partial charge is 0.350 e. The summed E-state index contributed by atoms with van der Waals surface area (Å²) in [5, 5.41) is 11.6. The number of hydrogen-bond donors (Lipinski definition) is 1. The largest absolute Gasteiger partial charge is 0.507 e. The van der Waals surface area contributed by atoms with Crippen LogP contribution in [0.4, 0.5) is 5.13 Å². The highest BCUT2D eigenvalue weighted by Gasteiger charge is 2.49. The number of esters is 1. The molecule has 2 aliphatic rings. The summed E-state index contributed by atoms with van der Waals surface area (Å²) in [7, 11) is 1.47. The Hall–Kier alpha value is -4.64. The van der Waals surface area contributed by atoms with Crippen LogP contribution in [0.15, 0.2) is 60.7 Å². The Kier molecular flexibility index (Phi) is 7.07. The van der Waals surface area contributed by atoms with E-state index in [0.717, 1.165) is 11.3 Å². The molecule has 1 N–H and O–H groups in total. The number of fused-ring (bicyclic) bond motifs is 1. The number of amides is 1. The summed E-state index contributed by atoms with van der Waals surface area (Å²) in [6, 6.07) is 10.5. The van der Waals surface area contributed by atoms with E-state index < -0.39 is 29.5 Å². The molecule has 2 aromatic carbocycles. The van der Waals surface area contributed by atoms with Crippen LogP contribution in [-0.4, -0.2) is 54.7 Å². The molecule has 2 aliphatic heterocycles. The van der Waals surface area contributed by atoms with Gasteiger partial charge >= 0.3 is 11.9 Å². The highest BCUT2D eigenvalue weighted by atomic mass is 32.1. The van der Waals surface area contributed by atoms with E-state index in [1.807, 2.05) is 0 Å². The number of methoxy groups -OCH3 is 1. The summed E-state index contributed by atoms with van der Waals surface area (Å²) in [6.07, 6.45) is 1.44. The third-order valence-electron chi connectivity index (χ3n) is 6.20. The van der Waals surface area contributed by atoms with Crippen LogP contribution < -0.4 is 19.1 Å². The lowest BCUT2D eigenvalue weighted by Gasteiger charge is -2.24. The second kappa shape index (κ2) is 10.6. The van der Waals surface area contributed by atoms with Gasteiger partial charge in [0.1, 0.15) is 42.2 Å². The summed E-state index contributed by atoms with van der Waals surface area (Å²) < 4.78 is 21.9. The van der Waals surface area contributed by atoms with Crippen molar-refractivity contribution in [2.24, 2.45) is 0 Å². The molecule has 0 spiro atoms. The van der Waals surface area contributed by atoms with E-state index in [1.54, 1.807) is 49.4 Å². The van der Waals surface area contributed by atoms with Crippen molar-refractivity contribution >= 4 is 39.9 Å². The quantitative estimate of drug-likeness (QED) is 0.152. The zero-order chi connectivity index (χ0) is 27.7. The van der Waals surface area contributed by atoms with E-state index in [-0.39, 0.29) is 27.8 Å². The molecule has 0 saturated carbocycles. The number of rotatable bonds is 7. The molecule has 1 saturated heterocycles. The number of aryl methyl sites for hydroxylation is 1. The number of Topliss-reactive ketones (excluding diaryl/α,β-unsaturated/α-hetero) is 1. The number of aliphatic hydroxyl groups excluding tert-OH is 1. The second-order valence-electron chi connectivity index (χ2n) is 8.57. The number of benzene rings is 2. The van der Waals surface area contributed by atoms with Crippen LogP contribution in [0, 0.1) is 6.92 Å². The minimum Gasteiger partial charge on any atom is -0.507 e. The molecule has 0 radical (unpaired) electrons. The Morgan fingerprint density at radius 3 is 2.69 bits per heavy atom. The first-order chi connectivity index (χ1) is 18.8. The topological polar surface area (TPSA) is 124 Å². The molecular weight excluding hydrogens is 524 g/mol. The van der Waals surface area contributed by atoms with Crippen molar-refractivity contribution in [3.63, 3.8) is 0 Å². The Morgan fingerprint density at radius 1 is 1.21 bits per heavy atom. The molecule has 1 fully saturated rings. The summed E-state index contributed by atoms with van der Waals surface area (Å²) in [5.41, 5.74) is 0.879. The van der Waals surface area contributed by atoms with E-state index in [4.69, 9.17) is 18.9 Å². The molecule has 0 bridgehead atoms. The van der Waals surface area contributed by atoms with E-state index in [2.05, 4.69) is 11.6 Å². The average molecular weight is 549 g/mol. The van der Waals surface area contributed by atoms with Crippen molar-refractivity contribution in [3.8, 4) is 17.2 Å². The Bertz CT molecular complexity index is 1530. The van der Waals surface area contributed by atoms with Gasteiger partial charge in [0.2, 0.25) is 0 Å². The zero-order valence-corrected chi connectivity index (χ0v) is 21.9. The fraction of sp³-hybridized carbons (Fsp3) is 0.214. The summed E-state index contributed by atoms with van der Waals surface area (Å²) >= 11 is 0.912. The van der Waals surface area contributed by atoms with Crippen LogP contribution >= 0.6 is 11.3 Å². The number of aromatic nitrogens is 1. The predicted octanol–water partition coefficient (Wildman–Crippen LogP) is 4.20. The second-order valence-corrected chi connectivity index (χ2v) is 9.55. The summed E-state index contributed by atoms with van der Waals surface area (Å²) in [5.74, 6) is -1.55. The maximum atomic E-state index is 13.5. The molecule has 1 aromatic heterocycles. The number of thiazole rings is 1. The maximum Gasteiger partial charge on any atom is 0.350 e. The lowest BCUT2D eigenvalue weighted by molar-refractivity contribution is -0.132. The SMILES string of the molecule is C=CCOC(=O)c1sc(N2C(=O)C(=O)C(=C(O)c3ccc4c(c3)OCCO4)C2c2ccccc2OC)nc1C. The molecule has 3 aromatic rings. The average Bonchev–Trinajstić information content (AvgIpc) is 3.47. The van der Waals surface area contributed by atoms with Crippen molar-refractivity contribution < 1.29 is 38.4 Å². The third kappa shape index (κ3) is 4.61. The van der Waals surface area contributed by atoms with Crippen LogP contribution in [0.2, 0.25) is 0 Å². The number of carbonyl (C=O) groups excluding carboxylic acids is 3. The minimum absolute atomic E-state index is 0.00671. The minimum atomic E-state index is -1.10. The van der Waals surface area contributed by atoms with Gasteiger partial charge < -0.3 is 24.1 Å². The first kappa shape index (κ1) is 26.0. The van der Waals surface area contributed by atoms with Crippen molar-refractivity contribution in [2.45, 2.75) is 13.0 Å². The van der Waals surface area contributed by atoms with Crippen LogP contribution in [0.25, 0.3) is 5.76 Å². The van der Waals surface area contributed by atoms with E-state index >= 15 is 0 Å². The lowest BCUT2D eigenvalue weighted by atomic mass is 9.94. The number of hydrogen-bond acceptors (Lipinski definition) is 10. The van der Waals surface area contributed by atoms with Crippen LogP contribution in [0.1, 0.15) is 32.5 Å². The van der Waals surface area contributed by atoms with Gasteiger partial charge in [-0.3, -0.25) is 14.5 Å². The molecule has 1 amide bonds. The molecule has 200 valence electrons. The van der Waals surface area contributed by atoms with Crippen LogP contribution in [-0.2, 0) is 14.3 Å². The van der Waals surface area contributed by atoms with Crippen LogP contribution in [0.5, 0.6) is 17.2 Å². The number of anilines is 1.